The summed E-state index contributed by atoms with van der Waals surface area (Å²) in [5.41, 5.74) is 0.973. The van der Waals surface area contributed by atoms with Gasteiger partial charge in [-0.15, -0.1) is 0 Å². The van der Waals surface area contributed by atoms with Crippen molar-refractivity contribution >= 4 is 44.3 Å². The lowest BCUT2D eigenvalue weighted by Gasteiger charge is -2.13. The standard InChI is InChI=1S/C18H15ClN2O5S/c1-10(17(22)14-9-21-16-5-3-2-4-12(14)16)26-18(23)13-8-11(27(20,24)25)6-7-15(13)19/h2-10,21H,1H3,(H2,20,24,25)/t10-/m1/s1. The molecule has 0 saturated heterocycles. The Balaban J connectivity index is 1.85. The lowest BCUT2D eigenvalue weighted by Crippen LogP contribution is -2.24. The van der Waals surface area contributed by atoms with Crippen molar-refractivity contribution in [3.05, 3.63) is 64.8 Å². The van der Waals surface area contributed by atoms with Crippen LogP contribution >= 0.6 is 11.6 Å². The van der Waals surface area contributed by atoms with Crippen LogP contribution in [0.3, 0.4) is 0 Å². The number of nitrogens with two attached hydrogens (primary N) is 1. The number of carbonyl (C=O) groups excluding carboxylic acids is 2. The van der Waals surface area contributed by atoms with E-state index in [9.17, 15) is 18.0 Å². The second kappa shape index (κ2) is 7.15. The minimum absolute atomic E-state index is 0.0147. The maximum atomic E-state index is 12.7. The number of aromatic amines is 1. The van der Waals surface area contributed by atoms with Crippen LogP contribution in [0.1, 0.15) is 27.6 Å². The smallest absolute Gasteiger partial charge is 0.340 e. The number of sulfonamides is 1. The SMILES string of the molecule is C[C@@H](OC(=O)c1cc(S(N)(=O)=O)ccc1Cl)C(=O)c1c[nH]c2ccccc12. The largest absolute Gasteiger partial charge is 0.451 e. The van der Waals surface area contributed by atoms with Gasteiger partial charge >= 0.3 is 5.97 Å². The molecule has 0 radical (unpaired) electrons. The molecule has 3 aromatic rings. The monoisotopic (exact) mass is 406 g/mol. The fourth-order valence-electron chi connectivity index (χ4n) is 2.61. The van der Waals surface area contributed by atoms with Gasteiger partial charge in [-0.25, -0.2) is 18.4 Å². The molecule has 1 heterocycles. The van der Waals surface area contributed by atoms with Crippen molar-refractivity contribution in [2.24, 2.45) is 5.14 Å². The molecular weight excluding hydrogens is 392 g/mol. The molecule has 1 atom stereocenters. The van der Waals surface area contributed by atoms with Gasteiger partial charge in [0.15, 0.2) is 6.10 Å². The van der Waals surface area contributed by atoms with Gasteiger partial charge in [0.25, 0.3) is 0 Å². The van der Waals surface area contributed by atoms with Crippen molar-refractivity contribution in [1.82, 2.24) is 4.98 Å². The molecule has 27 heavy (non-hydrogen) atoms. The van der Waals surface area contributed by atoms with E-state index in [1.807, 2.05) is 12.1 Å². The molecule has 0 spiro atoms. The Morgan fingerprint density at radius 2 is 1.85 bits per heavy atom. The van der Waals surface area contributed by atoms with E-state index in [4.69, 9.17) is 21.5 Å². The first kappa shape index (κ1) is 19.1. The summed E-state index contributed by atoms with van der Waals surface area (Å²) in [7, 11) is -4.02. The number of primary sulfonamides is 1. The van der Waals surface area contributed by atoms with E-state index >= 15 is 0 Å². The van der Waals surface area contributed by atoms with E-state index in [1.54, 1.807) is 18.3 Å². The number of para-hydroxylation sites is 1. The van der Waals surface area contributed by atoms with E-state index in [0.29, 0.717) is 10.9 Å². The number of fused-ring (bicyclic) bond motifs is 1. The number of carbonyl (C=O) groups is 2. The zero-order chi connectivity index (χ0) is 19.8. The van der Waals surface area contributed by atoms with Crippen LogP contribution in [-0.2, 0) is 14.8 Å². The molecule has 0 saturated carbocycles. The van der Waals surface area contributed by atoms with Gasteiger partial charge in [-0.2, -0.15) is 0 Å². The number of nitrogens with one attached hydrogen (secondary N) is 1. The lowest BCUT2D eigenvalue weighted by molar-refractivity contribution is 0.0319. The van der Waals surface area contributed by atoms with Crippen LogP contribution in [0.15, 0.2) is 53.6 Å². The average molecular weight is 407 g/mol. The molecular formula is C18H15ClN2O5S. The molecule has 1 aromatic heterocycles. The predicted octanol–water partition coefficient (Wildman–Crippen LogP) is 2.90. The molecule has 0 aliphatic carbocycles. The number of hydrogen-bond donors (Lipinski definition) is 2. The molecule has 3 rings (SSSR count). The van der Waals surface area contributed by atoms with Crippen LogP contribution < -0.4 is 5.14 Å². The van der Waals surface area contributed by atoms with E-state index in [0.717, 1.165) is 11.6 Å². The Morgan fingerprint density at radius 3 is 2.56 bits per heavy atom. The van der Waals surface area contributed by atoms with E-state index in [2.05, 4.69) is 4.98 Å². The number of Topliss-reactive ketones (excluding diaryl/α,β-unsaturated/α-hetero) is 1. The number of esters is 1. The first-order chi connectivity index (χ1) is 12.7. The molecule has 0 aliphatic heterocycles. The van der Waals surface area contributed by atoms with Crippen molar-refractivity contribution in [3.8, 4) is 0 Å². The second-order valence-electron chi connectivity index (χ2n) is 5.85. The minimum atomic E-state index is -4.02. The number of halogens is 1. The van der Waals surface area contributed by atoms with E-state index in [1.165, 1.54) is 19.1 Å². The average Bonchev–Trinajstić information content (AvgIpc) is 3.04. The maximum Gasteiger partial charge on any atom is 0.340 e. The second-order valence-corrected chi connectivity index (χ2v) is 7.82. The third-order valence-corrected chi connectivity index (χ3v) is 5.23. The van der Waals surface area contributed by atoms with E-state index in [-0.39, 0.29) is 15.5 Å². The van der Waals surface area contributed by atoms with Gasteiger partial charge in [0.05, 0.1) is 15.5 Å². The highest BCUT2D eigenvalue weighted by molar-refractivity contribution is 7.89. The fourth-order valence-corrected chi connectivity index (χ4v) is 3.34. The number of ether oxygens (including phenoxy) is 1. The normalized spacial score (nSPS) is 12.7. The van der Waals surface area contributed by atoms with Gasteiger partial charge in [-0.05, 0) is 31.2 Å². The van der Waals surface area contributed by atoms with E-state index < -0.39 is 27.9 Å². The predicted molar refractivity (Wildman–Crippen MR) is 100 cm³/mol. The molecule has 0 aliphatic rings. The number of ketones is 1. The highest BCUT2D eigenvalue weighted by atomic mass is 35.5. The Bertz CT molecular complexity index is 1150. The molecule has 0 bridgehead atoms. The van der Waals surface area contributed by atoms with Crippen molar-refractivity contribution in [3.63, 3.8) is 0 Å². The number of H-pyrrole nitrogens is 1. The summed E-state index contributed by atoms with van der Waals surface area (Å²) >= 11 is 5.96. The molecule has 0 fully saturated rings. The van der Waals surface area contributed by atoms with Crippen LogP contribution in [0.25, 0.3) is 10.9 Å². The van der Waals surface area contributed by atoms with Crippen LogP contribution in [0, 0.1) is 0 Å². The Labute approximate surface area is 160 Å². The summed E-state index contributed by atoms with van der Waals surface area (Å²) in [6, 6.07) is 10.6. The van der Waals surface area contributed by atoms with Crippen LogP contribution in [0.5, 0.6) is 0 Å². The van der Waals surface area contributed by atoms with Crippen molar-refractivity contribution in [1.29, 1.82) is 0 Å². The number of aromatic nitrogens is 1. The van der Waals surface area contributed by atoms with Crippen molar-refractivity contribution in [2.45, 2.75) is 17.9 Å². The first-order valence-electron chi connectivity index (χ1n) is 7.82. The molecule has 3 N–H and O–H groups in total. The summed E-state index contributed by atoms with van der Waals surface area (Å²) in [5, 5.41) is 5.76. The minimum Gasteiger partial charge on any atom is -0.451 e. The van der Waals surface area contributed by atoms with Gasteiger partial charge in [-0.3, -0.25) is 4.79 Å². The van der Waals surface area contributed by atoms with Crippen molar-refractivity contribution in [2.75, 3.05) is 0 Å². The lowest BCUT2D eigenvalue weighted by atomic mass is 10.1. The highest BCUT2D eigenvalue weighted by Gasteiger charge is 2.24. The zero-order valence-corrected chi connectivity index (χ0v) is 15.7. The number of hydrogen-bond acceptors (Lipinski definition) is 5. The van der Waals surface area contributed by atoms with Gasteiger partial charge in [0, 0.05) is 22.7 Å². The topological polar surface area (TPSA) is 119 Å². The summed E-state index contributed by atoms with van der Waals surface area (Å²) in [6.07, 6.45) is 0.442. The Hall–Kier alpha value is -2.68. The maximum absolute atomic E-state index is 12.7. The van der Waals surface area contributed by atoms with Crippen LogP contribution in [0.4, 0.5) is 0 Å². The van der Waals surface area contributed by atoms with Gasteiger partial charge in [0.2, 0.25) is 15.8 Å². The van der Waals surface area contributed by atoms with Crippen LogP contribution in [0.2, 0.25) is 5.02 Å². The van der Waals surface area contributed by atoms with Gasteiger partial charge in [-0.1, -0.05) is 29.8 Å². The summed E-state index contributed by atoms with van der Waals surface area (Å²) < 4.78 is 28.1. The quantitative estimate of drug-likeness (QED) is 0.498. The molecule has 9 heteroatoms. The molecule has 0 unspecified atom stereocenters. The molecule has 7 nitrogen and oxygen atoms in total. The third kappa shape index (κ3) is 3.87. The third-order valence-electron chi connectivity index (χ3n) is 3.99. The summed E-state index contributed by atoms with van der Waals surface area (Å²) in [4.78, 5) is 27.7. The highest BCUT2D eigenvalue weighted by Crippen LogP contribution is 2.23. The summed E-state index contributed by atoms with van der Waals surface area (Å²) in [5.74, 6) is -1.33. The van der Waals surface area contributed by atoms with Crippen molar-refractivity contribution < 1.29 is 22.7 Å². The molecule has 2 aromatic carbocycles. The Morgan fingerprint density at radius 1 is 1.15 bits per heavy atom. The van der Waals surface area contributed by atoms with Gasteiger partial charge in [0.1, 0.15) is 0 Å². The Kier molecular flexibility index (Phi) is 5.05. The molecule has 0 amide bonds. The molecule has 140 valence electrons. The summed E-state index contributed by atoms with van der Waals surface area (Å²) in [6.45, 7) is 1.43. The van der Waals surface area contributed by atoms with Gasteiger partial charge < -0.3 is 9.72 Å². The fraction of sp³-hybridized carbons (Fsp3) is 0.111. The first-order valence-corrected chi connectivity index (χ1v) is 9.74. The van der Waals surface area contributed by atoms with Crippen LogP contribution in [-0.4, -0.2) is 31.3 Å². The zero-order valence-electron chi connectivity index (χ0n) is 14.1. The number of rotatable bonds is 5. The number of benzene rings is 2.